The van der Waals surface area contributed by atoms with Crippen LogP contribution in [0.2, 0.25) is 0 Å². The van der Waals surface area contributed by atoms with Crippen LogP contribution in [0.1, 0.15) is 23.0 Å². The number of nitrogens with one attached hydrogen (secondary N) is 2. The van der Waals surface area contributed by atoms with Crippen LogP contribution in [-0.2, 0) is 21.4 Å². The highest BCUT2D eigenvalue weighted by molar-refractivity contribution is 5.97. The maximum atomic E-state index is 12.8. The van der Waals surface area contributed by atoms with E-state index >= 15 is 0 Å². The normalized spacial score (nSPS) is 10.4. The number of carbonyl (C=O) groups excluding carboxylic acids is 3. The molecule has 0 bridgehead atoms. The lowest BCUT2D eigenvalue weighted by Gasteiger charge is -2.07. The highest BCUT2D eigenvalue weighted by Crippen LogP contribution is 2.14. The van der Waals surface area contributed by atoms with Crippen molar-refractivity contribution in [3.05, 3.63) is 76.2 Å². The summed E-state index contributed by atoms with van der Waals surface area (Å²) in [4.78, 5) is 48.5. The first-order valence-electron chi connectivity index (χ1n) is 9.46. The number of anilines is 2. The van der Waals surface area contributed by atoms with Gasteiger partial charge in [-0.1, -0.05) is 24.3 Å². The van der Waals surface area contributed by atoms with Crippen molar-refractivity contribution in [2.24, 2.45) is 7.05 Å². The topological polar surface area (TPSA) is 111 Å². The Morgan fingerprint density at radius 2 is 1.71 bits per heavy atom. The van der Waals surface area contributed by atoms with E-state index in [4.69, 9.17) is 4.74 Å². The predicted molar refractivity (Wildman–Crippen MR) is 115 cm³/mol. The van der Waals surface area contributed by atoms with Crippen LogP contribution in [0.25, 0.3) is 5.69 Å². The van der Waals surface area contributed by atoms with E-state index in [0.29, 0.717) is 17.1 Å². The Kier molecular flexibility index (Phi) is 6.35. The van der Waals surface area contributed by atoms with Crippen molar-refractivity contribution in [1.29, 1.82) is 0 Å². The first kappa shape index (κ1) is 21.6. The van der Waals surface area contributed by atoms with Crippen molar-refractivity contribution >= 4 is 29.2 Å². The molecule has 2 amide bonds. The molecule has 3 rings (SSSR count). The maximum Gasteiger partial charge on any atom is 0.338 e. The van der Waals surface area contributed by atoms with Crippen molar-refractivity contribution in [2.75, 3.05) is 17.2 Å². The van der Waals surface area contributed by atoms with E-state index in [1.165, 1.54) is 23.7 Å². The Labute approximate surface area is 178 Å². The molecule has 2 aromatic carbocycles. The Morgan fingerprint density at radius 3 is 2.39 bits per heavy atom. The second-order valence-corrected chi connectivity index (χ2v) is 6.82. The van der Waals surface area contributed by atoms with Crippen LogP contribution in [0.15, 0.2) is 59.4 Å². The standard InChI is InChI=1S/C22H22N4O5/c1-14-20(21(29)26(25(14)3)18-10-5-4-6-11-18)24-19(28)13-31-22(30)16-8-7-9-17(12-16)23-15(2)27/h4-12H,13H2,1-3H3,(H,23,27)(H,24,28). The van der Waals surface area contributed by atoms with Crippen LogP contribution in [0, 0.1) is 6.92 Å². The van der Waals surface area contributed by atoms with Crippen LogP contribution in [0.5, 0.6) is 0 Å². The molecule has 0 spiro atoms. The Hall–Kier alpha value is -4.14. The van der Waals surface area contributed by atoms with Gasteiger partial charge in [0.2, 0.25) is 5.91 Å². The summed E-state index contributed by atoms with van der Waals surface area (Å²) in [5, 5.41) is 5.09. The summed E-state index contributed by atoms with van der Waals surface area (Å²) in [5.74, 6) is -1.64. The molecule has 31 heavy (non-hydrogen) atoms. The fraction of sp³-hybridized carbons (Fsp3) is 0.182. The molecule has 0 aliphatic rings. The monoisotopic (exact) mass is 422 g/mol. The number of ether oxygens (including phenoxy) is 1. The zero-order chi connectivity index (χ0) is 22.5. The number of para-hydroxylation sites is 1. The lowest BCUT2D eigenvalue weighted by atomic mass is 10.2. The van der Waals surface area contributed by atoms with Gasteiger partial charge in [-0.2, -0.15) is 0 Å². The number of benzene rings is 2. The molecule has 0 aliphatic carbocycles. The number of esters is 1. The van der Waals surface area contributed by atoms with Crippen LogP contribution >= 0.6 is 0 Å². The van der Waals surface area contributed by atoms with Gasteiger partial charge >= 0.3 is 5.97 Å². The molecule has 2 N–H and O–H groups in total. The Bertz CT molecular complexity index is 1190. The predicted octanol–water partition coefficient (Wildman–Crippen LogP) is 2.24. The van der Waals surface area contributed by atoms with E-state index in [2.05, 4.69) is 10.6 Å². The third-order valence-corrected chi connectivity index (χ3v) is 4.57. The van der Waals surface area contributed by atoms with Gasteiger partial charge in [0.25, 0.3) is 11.5 Å². The van der Waals surface area contributed by atoms with Gasteiger partial charge in [-0.25, -0.2) is 9.48 Å². The number of hydrogen-bond acceptors (Lipinski definition) is 5. The van der Waals surface area contributed by atoms with Gasteiger partial charge in [0, 0.05) is 19.7 Å². The zero-order valence-corrected chi connectivity index (χ0v) is 17.3. The average Bonchev–Trinajstić information content (AvgIpc) is 2.95. The number of rotatable bonds is 6. The minimum Gasteiger partial charge on any atom is -0.452 e. The molecule has 3 aromatic rings. The fourth-order valence-electron chi connectivity index (χ4n) is 3.03. The van der Waals surface area contributed by atoms with Gasteiger partial charge in [-0.3, -0.25) is 19.1 Å². The lowest BCUT2D eigenvalue weighted by molar-refractivity contribution is -0.119. The second kappa shape index (κ2) is 9.12. The molecule has 0 unspecified atom stereocenters. The van der Waals surface area contributed by atoms with Gasteiger partial charge in [0.05, 0.1) is 16.9 Å². The molecule has 0 aliphatic heterocycles. The highest BCUT2D eigenvalue weighted by Gasteiger charge is 2.19. The van der Waals surface area contributed by atoms with Crippen LogP contribution in [0.3, 0.4) is 0 Å². The third kappa shape index (κ3) is 4.89. The summed E-state index contributed by atoms with van der Waals surface area (Å²) < 4.78 is 8.11. The Balaban J connectivity index is 1.69. The summed E-state index contributed by atoms with van der Waals surface area (Å²) in [6.45, 7) is 2.49. The summed E-state index contributed by atoms with van der Waals surface area (Å²) in [7, 11) is 1.71. The minimum atomic E-state index is -0.728. The second-order valence-electron chi connectivity index (χ2n) is 6.82. The summed E-state index contributed by atoms with van der Waals surface area (Å²) in [6.07, 6.45) is 0. The molecule has 0 saturated carbocycles. The number of nitrogens with zero attached hydrogens (tertiary/aromatic N) is 2. The molecule has 0 saturated heterocycles. The molecular formula is C22H22N4O5. The molecule has 9 heteroatoms. The van der Waals surface area contributed by atoms with Gasteiger partial charge in [0.1, 0.15) is 5.69 Å². The van der Waals surface area contributed by atoms with Crippen molar-refractivity contribution in [3.63, 3.8) is 0 Å². The number of hydrogen-bond donors (Lipinski definition) is 2. The summed E-state index contributed by atoms with van der Waals surface area (Å²) in [5.41, 5.74) is 1.55. The van der Waals surface area contributed by atoms with Gasteiger partial charge in [-0.15, -0.1) is 0 Å². The van der Waals surface area contributed by atoms with Crippen molar-refractivity contribution in [1.82, 2.24) is 9.36 Å². The van der Waals surface area contributed by atoms with Crippen LogP contribution in [-0.4, -0.2) is 33.8 Å². The van der Waals surface area contributed by atoms with Crippen LogP contribution < -0.4 is 16.2 Å². The molecule has 9 nitrogen and oxygen atoms in total. The third-order valence-electron chi connectivity index (χ3n) is 4.57. The van der Waals surface area contributed by atoms with Gasteiger partial charge in [-0.05, 0) is 37.3 Å². The zero-order valence-electron chi connectivity index (χ0n) is 17.3. The smallest absolute Gasteiger partial charge is 0.338 e. The number of aromatic nitrogens is 2. The fourth-order valence-corrected chi connectivity index (χ4v) is 3.03. The lowest BCUT2D eigenvalue weighted by Crippen LogP contribution is -2.25. The SMILES string of the molecule is CC(=O)Nc1cccc(C(=O)OCC(=O)Nc2c(C)n(C)n(-c3ccccc3)c2=O)c1. The largest absolute Gasteiger partial charge is 0.452 e. The number of amides is 2. The van der Waals surface area contributed by atoms with E-state index < -0.39 is 24.0 Å². The minimum absolute atomic E-state index is 0.111. The molecular weight excluding hydrogens is 400 g/mol. The molecule has 1 aromatic heterocycles. The van der Waals surface area contributed by atoms with Crippen molar-refractivity contribution in [3.8, 4) is 5.69 Å². The molecule has 0 radical (unpaired) electrons. The highest BCUT2D eigenvalue weighted by atomic mass is 16.5. The molecule has 0 fully saturated rings. The van der Waals surface area contributed by atoms with E-state index in [9.17, 15) is 19.2 Å². The van der Waals surface area contributed by atoms with E-state index in [1.807, 2.05) is 18.2 Å². The number of carbonyl (C=O) groups is 3. The van der Waals surface area contributed by atoms with E-state index in [-0.39, 0.29) is 17.2 Å². The summed E-state index contributed by atoms with van der Waals surface area (Å²) in [6, 6.07) is 15.2. The molecule has 0 atom stereocenters. The van der Waals surface area contributed by atoms with Gasteiger partial charge in [0.15, 0.2) is 6.61 Å². The summed E-state index contributed by atoms with van der Waals surface area (Å²) >= 11 is 0. The van der Waals surface area contributed by atoms with Crippen molar-refractivity contribution < 1.29 is 19.1 Å². The Morgan fingerprint density at radius 1 is 1.00 bits per heavy atom. The quantitative estimate of drug-likeness (QED) is 0.592. The first-order chi connectivity index (χ1) is 14.8. The molecule has 1 heterocycles. The van der Waals surface area contributed by atoms with E-state index in [1.54, 1.807) is 42.9 Å². The molecule has 160 valence electrons. The van der Waals surface area contributed by atoms with E-state index in [0.717, 1.165) is 0 Å². The van der Waals surface area contributed by atoms with Gasteiger partial charge < -0.3 is 15.4 Å². The average molecular weight is 422 g/mol. The van der Waals surface area contributed by atoms with Crippen molar-refractivity contribution in [2.45, 2.75) is 13.8 Å². The first-order valence-corrected chi connectivity index (χ1v) is 9.46. The van der Waals surface area contributed by atoms with Crippen LogP contribution in [0.4, 0.5) is 11.4 Å². The maximum absolute atomic E-state index is 12.8.